The van der Waals surface area contributed by atoms with Crippen molar-refractivity contribution in [1.29, 1.82) is 0 Å². The quantitative estimate of drug-likeness (QED) is 0.0896. The molecule has 0 saturated carbocycles. The standard InChI is InChI=1S/C19H33N7O5S/c20-11(4-1-7-23-19(21)22)16(28)25-8-2-5-13(25)15(27)24-12(10-32)17(29)26-9-3-6-14(26)18(30)31/h11-14,32H,1-10,20H2,(H,24,27)(H,30,31)(H4,21,22,23). The van der Waals surface area contributed by atoms with E-state index in [1.54, 1.807) is 0 Å². The minimum Gasteiger partial charge on any atom is -0.480 e. The van der Waals surface area contributed by atoms with Crippen LogP contribution in [0.2, 0.25) is 0 Å². The first-order chi connectivity index (χ1) is 15.2. The molecule has 2 saturated heterocycles. The van der Waals surface area contributed by atoms with Crippen LogP contribution < -0.4 is 22.5 Å². The number of carboxylic acids is 1. The normalized spacial score (nSPS) is 22.3. The summed E-state index contributed by atoms with van der Waals surface area (Å²) in [6, 6.07) is -3.41. The van der Waals surface area contributed by atoms with E-state index in [1.165, 1.54) is 9.80 Å². The monoisotopic (exact) mass is 471 g/mol. The highest BCUT2D eigenvalue weighted by Gasteiger charge is 2.40. The maximum absolute atomic E-state index is 12.9. The lowest BCUT2D eigenvalue weighted by Crippen LogP contribution is -2.57. The molecule has 0 bridgehead atoms. The van der Waals surface area contributed by atoms with Crippen LogP contribution >= 0.6 is 12.6 Å². The fourth-order valence-electron chi connectivity index (χ4n) is 4.10. The van der Waals surface area contributed by atoms with Crippen LogP contribution in [0.4, 0.5) is 0 Å². The van der Waals surface area contributed by atoms with Gasteiger partial charge in [0.05, 0.1) is 6.04 Å². The van der Waals surface area contributed by atoms with Crippen LogP contribution in [0.1, 0.15) is 38.5 Å². The number of nitrogens with one attached hydrogen (secondary N) is 1. The Hall–Kier alpha value is -2.54. The number of hydrogen-bond acceptors (Lipinski definition) is 7. The van der Waals surface area contributed by atoms with E-state index in [1.807, 2.05) is 0 Å². The largest absolute Gasteiger partial charge is 0.480 e. The molecule has 8 N–H and O–H groups in total. The maximum Gasteiger partial charge on any atom is 0.326 e. The molecule has 2 aliphatic rings. The van der Waals surface area contributed by atoms with E-state index in [-0.39, 0.29) is 17.6 Å². The Kier molecular flexibility index (Phi) is 9.57. The molecule has 32 heavy (non-hydrogen) atoms. The summed E-state index contributed by atoms with van der Waals surface area (Å²) >= 11 is 4.17. The van der Waals surface area contributed by atoms with Crippen LogP contribution in [0.5, 0.6) is 0 Å². The van der Waals surface area contributed by atoms with E-state index in [9.17, 15) is 24.3 Å². The van der Waals surface area contributed by atoms with E-state index in [2.05, 4.69) is 22.9 Å². The van der Waals surface area contributed by atoms with Crippen molar-refractivity contribution < 1.29 is 24.3 Å². The van der Waals surface area contributed by atoms with Crippen molar-refractivity contribution in [2.24, 2.45) is 22.2 Å². The van der Waals surface area contributed by atoms with Gasteiger partial charge in [0.1, 0.15) is 18.1 Å². The molecule has 3 amide bonds. The fourth-order valence-corrected chi connectivity index (χ4v) is 4.35. The molecular formula is C19H33N7O5S. The Bertz CT molecular complexity index is 746. The van der Waals surface area contributed by atoms with Crippen molar-refractivity contribution in [2.75, 3.05) is 25.4 Å². The van der Waals surface area contributed by atoms with Crippen molar-refractivity contribution >= 4 is 42.3 Å². The van der Waals surface area contributed by atoms with E-state index in [0.717, 1.165) is 0 Å². The maximum atomic E-state index is 12.9. The van der Waals surface area contributed by atoms with Gasteiger partial charge < -0.3 is 37.4 Å². The second kappa shape index (κ2) is 11.9. The van der Waals surface area contributed by atoms with Gasteiger partial charge in [-0.05, 0) is 38.5 Å². The van der Waals surface area contributed by atoms with E-state index >= 15 is 0 Å². The highest BCUT2D eigenvalue weighted by Crippen LogP contribution is 2.21. The van der Waals surface area contributed by atoms with Crippen molar-refractivity contribution in [3.63, 3.8) is 0 Å². The molecule has 2 aliphatic heterocycles. The number of aliphatic carboxylic acids is 1. The van der Waals surface area contributed by atoms with E-state index < -0.39 is 42.0 Å². The molecule has 4 atom stereocenters. The Morgan fingerprint density at radius 2 is 1.66 bits per heavy atom. The zero-order valence-corrected chi connectivity index (χ0v) is 18.9. The number of thiol groups is 1. The van der Waals surface area contributed by atoms with Gasteiger partial charge >= 0.3 is 5.97 Å². The van der Waals surface area contributed by atoms with Crippen LogP contribution in [0.3, 0.4) is 0 Å². The van der Waals surface area contributed by atoms with Gasteiger partial charge in [-0.15, -0.1) is 0 Å². The highest BCUT2D eigenvalue weighted by molar-refractivity contribution is 7.80. The van der Waals surface area contributed by atoms with Crippen molar-refractivity contribution in [2.45, 2.75) is 62.7 Å². The Balaban J connectivity index is 1.96. The van der Waals surface area contributed by atoms with Gasteiger partial charge in [0.15, 0.2) is 5.96 Å². The van der Waals surface area contributed by atoms with Crippen LogP contribution in [-0.2, 0) is 19.2 Å². The van der Waals surface area contributed by atoms with Crippen LogP contribution in [0.15, 0.2) is 4.99 Å². The topological polar surface area (TPSA) is 197 Å². The number of amides is 3. The molecule has 4 unspecified atom stereocenters. The summed E-state index contributed by atoms with van der Waals surface area (Å²) < 4.78 is 0. The van der Waals surface area contributed by atoms with Gasteiger partial charge in [0.25, 0.3) is 0 Å². The summed E-state index contributed by atoms with van der Waals surface area (Å²) in [6.45, 7) is 1.07. The van der Waals surface area contributed by atoms with Crippen LogP contribution in [-0.4, -0.2) is 94.1 Å². The molecule has 180 valence electrons. The summed E-state index contributed by atoms with van der Waals surface area (Å²) in [5.74, 6) is -2.38. The molecule has 13 heteroatoms. The number of nitrogens with zero attached hydrogens (tertiary/aromatic N) is 3. The first-order valence-corrected chi connectivity index (χ1v) is 11.4. The predicted octanol–water partition coefficient (Wildman–Crippen LogP) is -2.15. The van der Waals surface area contributed by atoms with Gasteiger partial charge in [0, 0.05) is 25.4 Å². The Morgan fingerprint density at radius 1 is 1.06 bits per heavy atom. The molecule has 0 aliphatic carbocycles. The van der Waals surface area contributed by atoms with Gasteiger partial charge in [-0.2, -0.15) is 12.6 Å². The zero-order chi connectivity index (χ0) is 23.8. The molecule has 0 spiro atoms. The number of nitrogens with two attached hydrogens (primary N) is 3. The molecule has 12 nitrogen and oxygen atoms in total. The number of carbonyl (C=O) groups excluding carboxylic acids is 3. The number of hydrogen-bond donors (Lipinski definition) is 6. The number of carbonyl (C=O) groups is 4. The number of likely N-dealkylation sites (tertiary alicyclic amines) is 2. The third-order valence-corrected chi connectivity index (χ3v) is 6.11. The van der Waals surface area contributed by atoms with Crippen molar-refractivity contribution in [1.82, 2.24) is 15.1 Å². The number of guanidine groups is 1. The lowest BCUT2D eigenvalue weighted by atomic mass is 10.1. The average Bonchev–Trinajstić information content (AvgIpc) is 3.43. The third-order valence-electron chi connectivity index (χ3n) is 5.74. The van der Waals surface area contributed by atoms with Gasteiger partial charge in [-0.25, -0.2) is 4.79 Å². The highest BCUT2D eigenvalue weighted by atomic mass is 32.1. The number of rotatable bonds is 10. The molecule has 2 fully saturated rings. The number of aliphatic imine (C=N–C) groups is 1. The second-order valence-electron chi connectivity index (χ2n) is 8.02. The molecule has 0 aromatic rings. The van der Waals surface area contributed by atoms with E-state index in [4.69, 9.17) is 17.2 Å². The minimum absolute atomic E-state index is 0.0123. The zero-order valence-electron chi connectivity index (χ0n) is 18.0. The fraction of sp³-hybridized carbons (Fsp3) is 0.737. The van der Waals surface area contributed by atoms with Crippen molar-refractivity contribution in [3.8, 4) is 0 Å². The van der Waals surface area contributed by atoms with Gasteiger partial charge in [-0.3, -0.25) is 19.4 Å². The third kappa shape index (κ3) is 6.48. The van der Waals surface area contributed by atoms with Crippen molar-refractivity contribution in [3.05, 3.63) is 0 Å². The lowest BCUT2D eigenvalue weighted by molar-refractivity contribution is -0.149. The lowest BCUT2D eigenvalue weighted by Gasteiger charge is -2.30. The van der Waals surface area contributed by atoms with E-state index in [0.29, 0.717) is 58.2 Å². The minimum atomic E-state index is -1.07. The molecular weight excluding hydrogens is 438 g/mol. The average molecular weight is 472 g/mol. The molecule has 2 rings (SSSR count). The first-order valence-electron chi connectivity index (χ1n) is 10.7. The molecule has 0 aromatic carbocycles. The summed E-state index contributed by atoms with van der Waals surface area (Å²) in [5, 5.41) is 12.0. The smallest absolute Gasteiger partial charge is 0.326 e. The predicted molar refractivity (Wildman–Crippen MR) is 121 cm³/mol. The summed E-state index contributed by atoms with van der Waals surface area (Å²) in [6.07, 6.45) is 2.93. The second-order valence-corrected chi connectivity index (χ2v) is 8.38. The summed E-state index contributed by atoms with van der Waals surface area (Å²) in [5.41, 5.74) is 16.6. The SMILES string of the molecule is NC(N)=NCCCC(N)C(=O)N1CCCC1C(=O)NC(CS)C(=O)N1CCCC1C(=O)O. The molecule has 0 radical (unpaired) electrons. The Labute approximate surface area is 192 Å². The van der Waals surface area contributed by atoms with Gasteiger partial charge in [0.2, 0.25) is 17.7 Å². The van der Waals surface area contributed by atoms with Crippen LogP contribution in [0, 0.1) is 0 Å². The summed E-state index contributed by atoms with van der Waals surface area (Å²) in [4.78, 5) is 56.5. The van der Waals surface area contributed by atoms with Crippen LogP contribution in [0.25, 0.3) is 0 Å². The van der Waals surface area contributed by atoms with Gasteiger partial charge in [-0.1, -0.05) is 0 Å². The molecule has 0 aromatic heterocycles. The Morgan fingerprint density at radius 3 is 2.22 bits per heavy atom. The first kappa shape index (κ1) is 25.7. The summed E-state index contributed by atoms with van der Waals surface area (Å²) in [7, 11) is 0. The number of carboxylic acid groups (broad SMARTS) is 1. The molecule has 2 heterocycles.